The number of H-pyrrole nitrogens is 1. The maximum absolute atomic E-state index is 4.88. The molecule has 0 aliphatic carbocycles. The highest BCUT2D eigenvalue weighted by atomic mass is 32.1. The van der Waals surface area contributed by atoms with Gasteiger partial charge in [0.2, 0.25) is 4.80 Å². The van der Waals surface area contributed by atoms with Gasteiger partial charge in [0.1, 0.15) is 0 Å². The first-order valence-corrected chi connectivity index (χ1v) is 10.9. The first-order valence-electron chi connectivity index (χ1n) is 10.0. The van der Waals surface area contributed by atoms with Gasteiger partial charge in [0.15, 0.2) is 0 Å². The number of benzene rings is 2. The van der Waals surface area contributed by atoms with Crippen molar-refractivity contribution in [3.63, 3.8) is 0 Å². The molecule has 152 valence electrons. The van der Waals surface area contributed by atoms with E-state index in [1.54, 1.807) is 23.7 Å². The van der Waals surface area contributed by atoms with Crippen molar-refractivity contribution in [1.29, 1.82) is 0 Å². The first-order chi connectivity index (χ1) is 15.2. The van der Waals surface area contributed by atoms with Gasteiger partial charge in [-0.3, -0.25) is 4.98 Å². The summed E-state index contributed by atoms with van der Waals surface area (Å²) in [5.41, 5.74) is 7.40. The van der Waals surface area contributed by atoms with Gasteiger partial charge in [-0.2, -0.15) is 5.10 Å². The van der Waals surface area contributed by atoms with Crippen LogP contribution in [0.2, 0.25) is 0 Å². The van der Waals surface area contributed by atoms with Crippen LogP contribution < -0.4 is 4.80 Å². The zero-order valence-electron chi connectivity index (χ0n) is 17.3. The fourth-order valence-electron chi connectivity index (χ4n) is 3.52. The molecule has 0 saturated heterocycles. The normalized spacial score (nSPS) is 12.3. The molecule has 0 bridgehead atoms. The highest BCUT2D eigenvalue weighted by Crippen LogP contribution is 2.23. The number of hydrogen-bond acceptors (Lipinski definition) is 4. The van der Waals surface area contributed by atoms with Gasteiger partial charge >= 0.3 is 0 Å². The summed E-state index contributed by atoms with van der Waals surface area (Å²) >= 11 is 1.56. The molecule has 0 unspecified atom stereocenters. The third-order valence-electron chi connectivity index (χ3n) is 5.15. The molecule has 5 nitrogen and oxygen atoms in total. The van der Waals surface area contributed by atoms with Crippen molar-refractivity contribution < 1.29 is 0 Å². The summed E-state index contributed by atoms with van der Waals surface area (Å²) in [4.78, 5) is 13.2. The van der Waals surface area contributed by atoms with Crippen molar-refractivity contribution in [3.8, 4) is 11.3 Å². The zero-order chi connectivity index (χ0) is 21.2. The van der Waals surface area contributed by atoms with Gasteiger partial charge in [0, 0.05) is 39.3 Å². The van der Waals surface area contributed by atoms with E-state index in [4.69, 9.17) is 10.1 Å². The molecule has 31 heavy (non-hydrogen) atoms. The quantitative estimate of drug-likeness (QED) is 0.364. The number of nitrogens with one attached hydrogen (secondary N) is 1. The molecule has 3 heterocycles. The van der Waals surface area contributed by atoms with Gasteiger partial charge in [0.05, 0.1) is 23.8 Å². The summed E-state index contributed by atoms with van der Waals surface area (Å²) in [5, 5.41) is 8.13. The Morgan fingerprint density at radius 2 is 1.84 bits per heavy atom. The van der Waals surface area contributed by atoms with Crippen molar-refractivity contribution in [2.45, 2.75) is 13.8 Å². The lowest BCUT2D eigenvalue weighted by Gasteiger charge is -2.04. The molecule has 0 radical (unpaired) electrons. The number of pyridine rings is 1. The lowest BCUT2D eigenvalue weighted by atomic mass is 10.1. The molecule has 3 aromatic heterocycles. The van der Waals surface area contributed by atoms with E-state index in [-0.39, 0.29) is 0 Å². The molecule has 0 fully saturated rings. The minimum atomic E-state index is 0.789. The van der Waals surface area contributed by atoms with E-state index in [0.29, 0.717) is 0 Å². The molecule has 0 atom stereocenters. The first kappa shape index (κ1) is 19.2. The Kier molecular flexibility index (Phi) is 5.06. The largest absolute Gasteiger partial charge is 0.358 e. The number of hydrogen-bond donors (Lipinski definition) is 1. The fourth-order valence-corrected chi connectivity index (χ4v) is 4.38. The predicted molar refractivity (Wildman–Crippen MR) is 128 cm³/mol. The molecular formula is C25H21N5S. The Morgan fingerprint density at radius 3 is 2.65 bits per heavy atom. The summed E-state index contributed by atoms with van der Waals surface area (Å²) < 4.78 is 1.91. The zero-order valence-corrected chi connectivity index (χ0v) is 18.1. The highest BCUT2D eigenvalue weighted by molar-refractivity contribution is 7.07. The molecule has 6 heteroatoms. The average molecular weight is 424 g/mol. The second kappa shape index (κ2) is 8.16. The van der Waals surface area contributed by atoms with E-state index in [1.807, 2.05) is 35.2 Å². The number of thiazole rings is 1. The van der Waals surface area contributed by atoms with Crippen LogP contribution in [0.3, 0.4) is 0 Å². The van der Waals surface area contributed by atoms with Crippen LogP contribution in [-0.4, -0.2) is 20.9 Å². The van der Waals surface area contributed by atoms with Gasteiger partial charge in [-0.1, -0.05) is 48.0 Å². The molecule has 0 aliphatic heterocycles. The van der Waals surface area contributed by atoms with Crippen molar-refractivity contribution in [2.24, 2.45) is 10.1 Å². The van der Waals surface area contributed by atoms with Crippen LogP contribution in [0.25, 0.3) is 22.2 Å². The summed E-state index contributed by atoms with van der Waals surface area (Å²) in [6.45, 7) is 4.16. The number of aryl methyl sites for hydroxylation is 2. The minimum absolute atomic E-state index is 0.789. The summed E-state index contributed by atoms with van der Waals surface area (Å²) in [7, 11) is 0. The van der Waals surface area contributed by atoms with Gasteiger partial charge in [-0.05, 0) is 32.0 Å². The van der Waals surface area contributed by atoms with Crippen LogP contribution in [-0.2, 0) is 0 Å². The Balaban J connectivity index is 1.67. The second-order valence-corrected chi connectivity index (χ2v) is 8.19. The minimum Gasteiger partial charge on any atom is -0.358 e. The SMILES string of the molecule is Cc1ccc(-c2csc(=Nc3cccnc3)n2N=Cc2c(C)[nH]c3ccccc23)cc1. The smallest absolute Gasteiger partial charge is 0.211 e. The van der Waals surface area contributed by atoms with Crippen LogP contribution in [0.15, 0.2) is 88.5 Å². The van der Waals surface area contributed by atoms with Crippen molar-refractivity contribution >= 4 is 34.1 Å². The number of para-hydroxylation sites is 1. The molecule has 0 aliphatic rings. The second-order valence-electron chi connectivity index (χ2n) is 7.36. The van der Waals surface area contributed by atoms with Gasteiger partial charge < -0.3 is 4.98 Å². The molecule has 2 aromatic carbocycles. The van der Waals surface area contributed by atoms with E-state index in [2.05, 4.69) is 65.6 Å². The van der Waals surface area contributed by atoms with Gasteiger partial charge in [0.25, 0.3) is 0 Å². The van der Waals surface area contributed by atoms with Crippen LogP contribution in [0.1, 0.15) is 16.8 Å². The summed E-state index contributed by atoms with van der Waals surface area (Å²) in [6.07, 6.45) is 5.42. The third kappa shape index (κ3) is 3.85. The number of aromatic amines is 1. The predicted octanol–water partition coefficient (Wildman–Crippen LogP) is 5.82. The Hall–Kier alpha value is -3.77. The fraction of sp³-hybridized carbons (Fsp3) is 0.0800. The maximum Gasteiger partial charge on any atom is 0.211 e. The van der Waals surface area contributed by atoms with E-state index >= 15 is 0 Å². The van der Waals surface area contributed by atoms with Crippen molar-refractivity contribution in [3.05, 3.63) is 100 Å². The van der Waals surface area contributed by atoms with Crippen LogP contribution >= 0.6 is 11.3 Å². The molecule has 0 amide bonds. The van der Waals surface area contributed by atoms with Crippen LogP contribution in [0.5, 0.6) is 0 Å². The van der Waals surface area contributed by atoms with Crippen molar-refractivity contribution in [1.82, 2.24) is 14.6 Å². The van der Waals surface area contributed by atoms with E-state index in [0.717, 1.165) is 43.9 Å². The molecule has 5 rings (SSSR count). The van der Waals surface area contributed by atoms with Crippen molar-refractivity contribution in [2.75, 3.05) is 0 Å². The Morgan fingerprint density at radius 1 is 1.00 bits per heavy atom. The monoisotopic (exact) mass is 423 g/mol. The van der Waals surface area contributed by atoms with E-state index in [1.165, 1.54) is 5.56 Å². The Labute approximate surface area is 184 Å². The standard InChI is InChI=1S/C25H21N5S/c1-17-9-11-19(12-10-17)24-16-31-25(29-20-6-5-13-26-14-20)30(24)27-15-22-18(2)28-23-8-4-3-7-21(22)23/h3-16,28H,1-2H3. The van der Waals surface area contributed by atoms with E-state index < -0.39 is 0 Å². The maximum atomic E-state index is 4.88. The van der Waals surface area contributed by atoms with Crippen LogP contribution in [0, 0.1) is 13.8 Å². The number of aromatic nitrogens is 3. The molecule has 5 aromatic rings. The topological polar surface area (TPSA) is 58.3 Å². The van der Waals surface area contributed by atoms with Gasteiger partial charge in [-0.15, -0.1) is 11.3 Å². The molecule has 0 saturated carbocycles. The lowest BCUT2D eigenvalue weighted by Crippen LogP contribution is -2.11. The summed E-state index contributed by atoms with van der Waals surface area (Å²) in [6, 6.07) is 20.6. The number of nitrogens with zero attached hydrogens (tertiary/aromatic N) is 4. The molecular weight excluding hydrogens is 402 g/mol. The number of rotatable bonds is 4. The highest BCUT2D eigenvalue weighted by Gasteiger charge is 2.09. The number of fused-ring (bicyclic) bond motifs is 1. The van der Waals surface area contributed by atoms with Gasteiger partial charge in [-0.25, -0.2) is 9.67 Å². The third-order valence-corrected chi connectivity index (χ3v) is 5.97. The summed E-state index contributed by atoms with van der Waals surface area (Å²) in [5.74, 6) is 0. The average Bonchev–Trinajstić information content (AvgIpc) is 3.33. The molecule has 1 N–H and O–H groups in total. The Bertz CT molecular complexity index is 1440. The lowest BCUT2D eigenvalue weighted by molar-refractivity contribution is 0.854. The van der Waals surface area contributed by atoms with E-state index in [9.17, 15) is 0 Å². The molecule has 0 spiro atoms. The van der Waals surface area contributed by atoms with Crippen LogP contribution in [0.4, 0.5) is 5.69 Å².